The molecule has 1 rings (SSSR count). The molecule has 172 valence electrons. The normalized spacial score (nSPS) is 15.2. The summed E-state index contributed by atoms with van der Waals surface area (Å²) >= 11 is 0. The highest BCUT2D eigenvalue weighted by atomic mass is 16.2. The third kappa shape index (κ3) is 8.19. The number of urea groups is 1. The lowest BCUT2D eigenvalue weighted by Gasteiger charge is -2.26. The van der Waals surface area contributed by atoms with Crippen molar-refractivity contribution in [1.82, 2.24) is 20.9 Å². The van der Waals surface area contributed by atoms with Gasteiger partial charge in [-0.25, -0.2) is 4.79 Å². The number of imide groups is 1. The van der Waals surface area contributed by atoms with E-state index in [1.807, 2.05) is 0 Å². The standard InChI is InChI=1S/C20H31N5O6/c1-11(2)17(24-14(26)10-25-15(27)7-8-16(25)28)19(30)23-13(18(29)12(3)4)6-5-9-22-20(21)31/h7-8,11-13,17H,5-6,9-10H2,1-4H3,(H,23,30)(H,24,26)(H3,21,22,31)/t13-,17-/m1/s1. The predicted octanol–water partition coefficient (Wildman–Crippen LogP) is -0.789. The first-order valence-corrected chi connectivity index (χ1v) is 10.1. The first-order chi connectivity index (χ1) is 14.4. The van der Waals surface area contributed by atoms with Crippen molar-refractivity contribution in [3.8, 4) is 0 Å². The van der Waals surface area contributed by atoms with Gasteiger partial charge in [0.15, 0.2) is 5.78 Å². The van der Waals surface area contributed by atoms with E-state index in [4.69, 9.17) is 5.73 Å². The van der Waals surface area contributed by atoms with Crippen LogP contribution in [0, 0.1) is 11.8 Å². The Kier molecular flexibility index (Phi) is 9.84. The van der Waals surface area contributed by atoms with Gasteiger partial charge >= 0.3 is 6.03 Å². The van der Waals surface area contributed by atoms with Crippen molar-refractivity contribution in [2.45, 2.75) is 52.6 Å². The van der Waals surface area contributed by atoms with E-state index in [1.54, 1.807) is 27.7 Å². The van der Waals surface area contributed by atoms with Crippen LogP contribution in [0.25, 0.3) is 0 Å². The SMILES string of the molecule is CC(C)C(=O)[C@@H](CCCNC(N)=O)NC(=O)[C@H](NC(=O)CN1C(=O)C=CC1=O)C(C)C. The molecule has 0 fully saturated rings. The van der Waals surface area contributed by atoms with Gasteiger partial charge in [0.1, 0.15) is 12.6 Å². The second-order valence-corrected chi connectivity index (χ2v) is 7.94. The number of amides is 6. The second kappa shape index (κ2) is 11.8. The summed E-state index contributed by atoms with van der Waals surface area (Å²) in [4.78, 5) is 72.5. The number of nitrogens with zero attached hydrogens (tertiary/aromatic N) is 1. The van der Waals surface area contributed by atoms with Crippen LogP contribution in [0.1, 0.15) is 40.5 Å². The highest BCUT2D eigenvalue weighted by molar-refractivity contribution is 6.14. The summed E-state index contributed by atoms with van der Waals surface area (Å²) in [5, 5.41) is 7.63. The summed E-state index contributed by atoms with van der Waals surface area (Å²) in [6.45, 7) is 6.60. The van der Waals surface area contributed by atoms with Crippen molar-refractivity contribution < 1.29 is 28.8 Å². The van der Waals surface area contributed by atoms with E-state index in [0.717, 1.165) is 17.1 Å². The monoisotopic (exact) mass is 437 g/mol. The zero-order valence-electron chi connectivity index (χ0n) is 18.3. The van der Waals surface area contributed by atoms with Crippen LogP contribution in [0.4, 0.5) is 4.79 Å². The molecule has 0 aliphatic carbocycles. The fraction of sp³-hybridized carbons (Fsp3) is 0.600. The summed E-state index contributed by atoms with van der Waals surface area (Å²) in [5.74, 6) is -3.25. The minimum atomic E-state index is -0.973. The number of ketones is 1. The molecule has 1 aliphatic rings. The minimum absolute atomic E-state index is 0.180. The summed E-state index contributed by atoms with van der Waals surface area (Å²) in [7, 11) is 0. The molecular weight excluding hydrogens is 406 g/mol. The molecule has 0 unspecified atom stereocenters. The quantitative estimate of drug-likeness (QED) is 0.230. The molecule has 0 saturated carbocycles. The maximum absolute atomic E-state index is 12.8. The fourth-order valence-corrected chi connectivity index (χ4v) is 2.95. The van der Waals surface area contributed by atoms with Gasteiger partial charge in [-0.15, -0.1) is 0 Å². The number of rotatable bonds is 12. The van der Waals surface area contributed by atoms with E-state index in [0.29, 0.717) is 6.42 Å². The molecule has 0 radical (unpaired) electrons. The molecule has 11 heteroatoms. The number of hydrogen-bond acceptors (Lipinski definition) is 6. The Bertz CT molecular complexity index is 743. The molecular formula is C20H31N5O6. The number of nitrogens with one attached hydrogen (secondary N) is 3. The topological polar surface area (TPSA) is 168 Å². The molecule has 6 amide bonds. The van der Waals surface area contributed by atoms with Gasteiger partial charge in [-0.3, -0.25) is 28.9 Å². The molecule has 0 aromatic carbocycles. The lowest BCUT2D eigenvalue weighted by atomic mass is 9.96. The molecule has 0 bridgehead atoms. The lowest BCUT2D eigenvalue weighted by molar-refractivity contribution is -0.141. The third-order valence-electron chi connectivity index (χ3n) is 4.67. The van der Waals surface area contributed by atoms with E-state index in [2.05, 4.69) is 16.0 Å². The lowest BCUT2D eigenvalue weighted by Crippen LogP contribution is -2.55. The number of Topliss-reactive ketones (excluding diaryl/α,β-unsaturated/α-hetero) is 1. The van der Waals surface area contributed by atoms with E-state index < -0.39 is 48.3 Å². The van der Waals surface area contributed by atoms with Crippen LogP contribution in [0.15, 0.2) is 12.2 Å². The third-order valence-corrected chi connectivity index (χ3v) is 4.67. The Labute approximate surface area is 181 Å². The van der Waals surface area contributed by atoms with Crippen LogP contribution >= 0.6 is 0 Å². The molecule has 0 aromatic heterocycles. The summed E-state index contributed by atoms with van der Waals surface area (Å²) < 4.78 is 0. The Morgan fingerprint density at radius 2 is 1.58 bits per heavy atom. The largest absolute Gasteiger partial charge is 0.352 e. The van der Waals surface area contributed by atoms with Crippen molar-refractivity contribution in [2.75, 3.05) is 13.1 Å². The molecule has 5 N–H and O–H groups in total. The number of primary amides is 1. The van der Waals surface area contributed by atoms with Gasteiger partial charge in [0.05, 0.1) is 6.04 Å². The van der Waals surface area contributed by atoms with Crippen LogP contribution in [-0.2, 0) is 24.0 Å². The van der Waals surface area contributed by atoms with Crippen molar-refractivity contribution in [3.63, 3.8) is 0 Å². The van der Waals surface area contributed by atoms with Gasteiger partial charge in [-0.2, -0.15) is 0 Å². The summed E-state index contributed by atoms with van der Waals surface area (Å²) in [6, 6.07) is -2.45. The van der Waals surface area contributed by atoms with Gasteiger partial charge in [0.25, 0.3) is 11.8 Å². The highest BCUT2D eigenvalue weighted by Gasteiger charge is 2.31. The van der Waals surface area contributed by atoms with E-state index in [-0.39, 0.29) is 30.6 Å². The van der Waals surface area contributed by atoms with Crippen molar-refractivity contribution in [3.05, 3.63) is 12.2 Å². The van der Waals surface area contributed by atoms with E-state index >= 15 is 0 Å². The number of carbonyl (C=O) groups is 6. The van der Waals surface area contributed by atoms with Gasteiger partial charge in [0, 0.05) is 24.6 Å². The fourth-order valence-electron chi connectivity index (χ4n) is 2.95. The van der Waals surface area contributed by atoms with Crippen molar-refractivity contribution in [1.29, 1.82) is 0 Å². The molecule has 0 aromatic rings. The summed E-state index contributed by atoms with van der Waals surface area (Å²) in [6.07, 6.45) is 2.83. The smallest absolute Gasteiger partial charge is 0.312 e. The van der Waals surface area contributed by atoms with Crippen molar-refractivity contribution in [2.24, 2.45) is 17.6 Å². The molecule has 31 heavy (non-hydrogen) atoms. The van der Waals surface area contributed by atoms with E-state index in [9.17, 15) is 28.8 Å². The number of hydrogen-bond donors (Lipinski definition) is 4. The Morgan fingerprint density at radius 1 is 1.00 bits per heavy atom. The average molecular weight is 437 g/mol. The first kappa shape index (κ1) is 25.8. The second-order valence-electron chi connectivity index (χ2n) is 7.94. The summed E-state index contributed by atoms with van der Waals surface area (Å²) in [5.41, 5.74) is 5.02. The molecule has 2 atom stereocenters. The Hall–Kier alpha value is -3.24. The number of carbonyl (C=O) groups excluding carboxylic acids is 6. The first-order valence-electron chi connectivity index (χ1n) is 10.1. The van der Waals surface area contributed by atoms with E-state index in [1.165, 1.54) is 0 Å². The van der Waals surface area contributed by atoms with Crippen LogP contribution in [-0.4, -0.2) is 65.5 Å². The van der Waals surface area contributed by atoms with Crippen molar-refractivity contribution >= 4 is 35.4 Å². The molecule has 1 heterocycles. The van der Waals surface area contributed by atoms with Crippen LogP contribution < -0.4 is 21.7 Å². The zero-order chi connectivity index (χ0) is 23.7. The molecule has 0 spiro atoms. The van der Waals surface area contributed by atoms with Crippen LogP contribution in [0.2, 0.25) is 0 Å². The Morgan fingerprint density at radius 3 is 2.06 bits per heavy atom. The maximum Gasteiger partial charge on any atom is 0.312 e. The van der Waals surface area contributed by atoms with Gasteiger partial charge in [0.2, 0.25) is 11.8 Å². The molecule has 11 nitrogen and oxygen atoms in total. The number of nitrogens with two attached hydrogens (primary N) is 1. The highest BCUT2D eigenvalue weighted by Crippen LogP contribution is 2.09. The van der Waals surface area contributed by atoms with Gasteiger partial charge < -0.3 is 21.7 Å². The predicted molar refractivity (Wildman–Crippen MR) is 111 cm³/mol. The van der Waals surface area contributed by atoms with Crippen LogP contribution in [0.3, 0.4) is 0 Å². The zero-order valence-corrected chi connectivity index (χ0v) is 18.3. The maximum atomic E-state index is 12.8. The molecule has 1 aliphatic heterocycles. The van der Waals surface area contributed by atoms with Gasteiger partial charge in [-0.1, -0.05) is 27.7 Å². The average Bonchev–Trinajstić information content (AvgIpc) is 2.99. The van der Waals surface area contributed by atoms with Gasteiger partial charge in [-0.05, 0) is 18.8 Å². The Balaban J connectivity index is 2.77. The molecule has 0 saturated heterocycles. The minimum Gasteiger partial charge on any atom is -0.352 e. The van der Waals surface area contributed by atoms with Crippen LogP contribution in [0.5, 0.6) is 0 Å².